The van der Waals surface area contributed by atoms with Gasteiger partial charge in [0, 0.05) is 31.3 Å². The number of rotatable bonds is 3. The molecule has 1 aromatic carbocycles. The summed E-state index contributed by atoms with van der Waals surface area (Å²) in [6, 6.07) is 5.13. The molecule has 0 saturated carbocycles. The second-order valence-electron chi connectivity index (χ2n) is 5.33. The van der Waals surface area contributed by atoms with Crippen LogP contribution in [0.2, 0.25) is 0 Å². The number of likely N-dealkylation sites (tertiary alicyclic amines) is 1. The van der Waals surface area contributed by atoms with Gasteiger partial charge in [0.15, 0.2) is 0 Å². The Hall–Kier alpha value is -1.13. The van der Waals surface area contributed by atoms with Crippen LogP contribution in [-0.2, 0) is 6.54 Å². The Morgan fingerprint density at radius 1 is 1.33 bits per heavy atom. The lowest BCUT2D eigenvalue weighted by Gasteiger charge is -2.17. The molecule has 2 aliphatic rings. The molecule has 3 nitrogen and oxygen atoms in total. The summed E-state index contributed by atoms with van der Waals surface area (Å²) >= 11 is 0. The van der Waals surface area contributed by atoms with Gasteiger partial charge in [0.25, 0.3) is 0 Å². The normalized spacial score (nSPS) is 27.4. The summed E-state index contributed by atoms with van der Waals surface area (Å²) in [7, 11) is 1.56. The average Bonchev–Trinajstić information content (AvgIpc) is 2.92. The Morgan fingerprint density at radius 2 is 2.06 bits per heavy atom. The summed E-state index contributed by atoms with van der Waals surface area (Å²) in [6.45, 7) is 5.12. The summed E-state index contributed by atoms with van der Waals surface area (Å²) in [5, 5.41) is 3.42. The number of ether oxygens (including phenoxy) is 1. The topological polar surface area (TPSA) is 24.5 Å². The molecule has 0 radical (unpaired) electrons. The van der Waals surface area contributed by atoms with Gasteiger partial charge >= 0.3 is 0 Å². The molecule has 2 unspecified atom stereocenters. The lowest BCUT2D eigenvalue weighted by molar-refractivity contribution is 0.300. The Labute approximate surface area is 107 Å². The molecule has 2 fully saturated rings. The van der Waals surface area contributed by atoms with E-state index in [4.69, 9.17) is 4.74 Å². The summed E-state index contributed by atoms with van der Waals surface area (Å²) in [5.41, 5.74) is 0.767. The van der Waals surface area contributed by atoms with Crippen molar-refractivity contribution in [2.75, 3.05) is 33.3 Å². The highest BCUT2D eigenvalue weighted by Crippen LogP contribution is 2.28. The molecule has 1 N–H and O–H groups in total. The number of benzene rings is 1. The number of hydrogen-bond acceptors (Lipinski definition) is 3. The zero-order valence-electron chi connectivity index (χ0n) is 10.7. The first kappa shape index (κ1) is 11.9. The van der Waals surface area contributed by atoms with E-state index in [1.165, 1.54) is 6.07 Å². The van der Waals surface area contributed by atoms with Gasteiger partial charge in [0.1, 0.15) is 11.6 Å². The monoisotopic (exact) mass is 250 g/mol. The molecule has 4 heteroatoms. The fourth-order valence-corrected chi connectivity index (χ4v) is 3.11. The van der Waals surface area contributed by atoms with Crippen LogP contribution in [0.4, 0.5) is 4.39 Å². The van der Waals surface area contributed by atoms with Crippen LogP contribution in [0.3, 0.4) is 0 Å². The second kappa shape index (κ2) is 4.86. The van der Waals surface area contributed by atoms with Crippen LogP contribution >= 0.6 is 0 Å². The average molecular weight is 250 g/mol. The van der Waals surface area contributed by atoms with E-state index in [2.05, 4.69) is 10.2 Å². The predicted octanol–water partition coefficient (Wildman–Crippen LogP) is 1.49. The van der Waals surface area contributed by atoms with E-state index in [1.807, 2.05) is 12.1 Å². The molecule has 3 rings (SSSR count). The van der Waals surface area contributed by atoms with Crippen molar-refractivity contribution < 1.29 is 9.13 Å². The molecule has 0 amide bonds. The van der Waals surface area contributed by atoms with E-state index in [9.17, 15) is 4.39 Å². The van der Waals surface area contributed by atoms with E-state index in [0.29, 0.717) is 12.3 Å². The Morgan fingerprint density at radius 3 is 2.67 bits per heavy atom. The van der Waals surface area contributed by atoms with Gasteiger partial charge in [-0.1, -0.05) is 6.07 Å². The summed E-state index contributed by atoms with van der Waals surface area (Å²) in [4.78, 5) is 2.36. The molecule has 0 aromatic heterocycles. The first-order valence-corrected chi connectivity index (χ1v) is 6.52. The van der Waals surface area contributed by atoms with Crippen LogP contribution in [0.25, 0.3) is 0 Å². The smallest absolute Gasteiger partial charge is 0.131 e. The van der Waals surface area contributed by atoms with Crippen LogP contribution in [0.5, 0.6) is 5.75 Å². The largest absolute Gasteiger partial charge is 0.497 e. The Balaban J connectivity index is 1.66. The molecule has 18 heavy (non-hydrogen) atoms. The highest BCUT2D eigenvalue weighted by molar-refractivity contribution is 5.28. The third-order valence-electron chi connectivity index (χ3n) is 4.12. The molecule has 0 aliphatic carbocycles. The SMILES string of the molecule is COc1ccc(CN2CC3CNCC3C2)c(F)c1. The molecule has 1 aromatic rings. The molecule has 0 spiro atoms. The molecule has 2 aliphatic heterocycles. The van der Waals surface area contributed by atoms with Crippen molar-refractivity contribution in [1.29, 1.82) is 0 Å². The van der Waals surface area contributed by atoms with Gasteiger partial charge in [-0.2, -0.15) is 0 Å². The van der Waals surface area contributed by atoms with Gasteiger partial charge < -0.3 is 10.1 Å². The zero-order chi connectivity index (χ0) is 12.5. The quantitative estimate of drug-likeness (QED) is 0.879. The summed E-state index contributed by atoms with van der Waals surface area (Å²) < 4.78 is 18.9. The Bertz CT molecular complexity index is 426. The van der Waals surface area contributed by atoms with Gasteiger partial charge in [-0.05, 0) is 31.0 Å². The van der Waals surface area contributed by atoms with Gasteiger partial charge in [-0.3, -0.25) is 4.90 Å². The van der Waals surface area contributed by atoms with Crippen LogP contribution < -0.4 is 10.1 Å². The standard InChI is InChI=1S/C14H19FN2O/c1-18-13-3-2-10(14(15)4-13)7-17-8-11-5-16-6-12(11)9-17/h2-4,11-12,16H,5-9H2,1H3. The van der Waals surface area contributed by atoms with E-state index < -0.39 is 0 Å². The predicted molar refractivity (Wildman–Crippen MR) is 68.1 cm³/mol. The maximum atomic E-state index is 13.9. The van der Waals surface area contributed by atoms with E-state index in [1.54, 1.807) is 7.11 Å². The minimum absolute atomic E-state index is 0.162. The van der Waals surface area contributed by atoms with Gasteiger partial charge in [0.05, 0.1) is 7.11 Å². The molecule has 2 heterocycles. The third kappa shape index (κ3) is 2.22. The van der Waals surface area contributed by atoms with Crippen LogP contribution in [0.15, 0.2) is 18.2 Å². The zero-order valence-corrected chi connectivity index (χ0v) is 10.7. The van der Waals surface area contributed by atoms with E-state index in [-0.39, 0.29) is 5.82 Å². The van der Waals surface area contributed by atoms with Gasteiger partial charge in [-0.15, -0.1) is 0 Å². The van der Waals surface area contributed by atoms with E-state index in [0.717, 1.165) is 43.6 Å². The number of halogens is 1. The fraction of sp³-hybridized carbons (Fsp3) is 0.571. The maximum absolute atomic E-state index is 13.9. The lowest BCUT2D eigenvalue weighted by atomic mass is 10.0. The van der Waals surface area contributed by atoms with Crippen LogP contribution in [0, 0.1) is 17.7 Å². The number of nitrogens with zero attached hydrogens (tertiary/aromatic N) is 1. The van der Waals surface area contributed by atoms with Crippen molar-refractivity contribution in [3.05, 3.63) is 29.6 Å². The second-order valence-corrected chi connectivity index (χ2v) is 5.33. The third-order valence-corrected chi connectivity index (χ3v) is 4.12. The first-order valence-electron chi connectivity index (χ1n) is 6.52. The number of methoxy groups -OCH3 is 1. The first-order chi connectivity index (χ1) is 8.76. The maximum Gasteiger partial charge on any atom is 0.131 e. The molecule has 98 valence electrons. The molecule has 0 bridgehead atoms. The van der Waals surface area contributed by atoms with Crippen molar-refractivity contribution in [3.8, 4) is 5.75 Å². The van der Waals surface area contributed by atoms with Gasteiger partial charge in [0.2, 0.25) is 0 Å². The highest BCUT2D eigenvalue weighted by atomic mass is 19.1. The van der Waals surface area contributed by atoms with Crippen LogP contribution in [0.1, 0.15) is 5.56 Å². The summed E-state index contributed by atoms with van der Waals surface area (Å²) in [5.74, 6) is 1.93. The number of hydrogen-bond donors (Lipinski definition) is 1. The lowest BCUT2D eigenvalue weighted by Crippen LogP contribution is -2.25. The molecular formula is C14H19FN2O. The molecule has 2 atom stereocenters. The van der Waals surface area contributed by atoms with Crippen molar-refractivity contribution in [3.63, 3.8) is 0 Å². The highest BCUT2D eigenvalue weighted by Gasteiger charge is 2.35. The Kier molecular flexibility index (Phi) is 3.22. The molecule has 2 saturated heterocycles. The van der Waals surface area contributed by atoms with Crippen molar-refractivity contribution in [1.82, 2.24) is 10.2 Å². The van der Waals surface area contributed by atoms with E-state index >= 15 is 0 Å². The van der Waals surface area contributed by atoms with Crippen molar-refractivity contribution in [2.24, 2.45) is 11.8 Å². The van der Waals surface area contributed by atoms with Gasteiger partial charge in [-0.25, -0.2) is 4.39 Å². The number of fused-ring (bicyclic) bond motifs is 1. The van der Waals surface area contributed by atoms with Crippen LogP contribution in [-0.4, -0.2) is 38.2 Å². The minimum atomic E-state index is -0.162. The van der Waals surface area contributed by atoms with Crippen molar-refractivity contribution >= 4 is 0 Å². The summed E-state index contributed by atoms with van der Waals surface area (Å²) in [6.07, 6.45) is 0. The number of nitrogens with one attached hydrogen (secondary N) is 1. The minimum Gasteiger partial charge on any atom is -0.497 e. The van der Waals surface area contributed by atoms with Crippen molar-refractivity contribution in [2.45, 2.75) is 6.54 Å². The molecular weight excluding hydrogens is 231 g/mol. The fourth-order valence-electron chi connectivity index (χ4n) is 3.11.